The number of morpholine rings is 1. The number of hydrogen-bond donors (Lipinski definition) is 1. The maximum atomic E-state index is 5.96. The molecule has 1 aliphatic rings. The molecular formula is C21H29N3O3. The molecule has 1 unspecified atom stereocenters. The SMILES string of the molecule is COc1ccc(CNCC(C)N2CCOCC2)cc1OCc1cccnc1. The smallest absolute Gasteiger partial charge is 0.161 e. The zero-order valence-electron chi connectivity index (χ0n) is 16.2. The highest BCUT2D eigenvalue weighted by Gasteiger charge is 2.16. The van der Waals surface area contributed by atoms with Crippen molar-refractivity contribution in [3.63, 3.8) is 0 Å². The fraction of sp³-hybridized carbons (Fsp3) is 0.476. The van der Waals surface area contributed by atoms with Gasteiger partial charge in [-0.15, -0.1) is 0 Å². The summed E-state index contributed by atoms with van der Waals surface area (Å²) in [4.78, 5) is 6.58. The van der Waals surface area contributed by atoms with E-state index in [0.717, 1.165) is 56.5 Å². The number of benzene rings is 1. The van der Waals surface area contributed by atoms with Crippen LogP contribution in [0.5, 0.6) is 11.5 Å². The first-order chi connectivity index (χ1) is 13.3. The van der Waals surface area contributed by atoms with Crippen LogP contribution in [0.1, 0.15) is 18.1 Å². The molecule has 0 bridgehead atoms. The Kier molecular flexibility index (Phi) is 7.45. The molecule has 146 valence electrons. The number of aromatic nitrogens is 1. The highest BCUT2D eigenvalue weighted by atomic mass is 16.5. The zero-order valence-corrected chi connectivity index (χ0v) is 16.2. The quantitative estimate of drug-likeness (QED) is 0.731. The molecule has 1 saturated heterocycles. The van der Waals surface area contributed by atoms with E-state index >= 15 is 0 Å². The minimum Gasteiger partial charge on any atom is -0.493 e. The Morgan fingerprint density at radius 2 is 2.04 bits per heavy atom. The van der Waals surface area contributed by atoms with E-state index in [1.165, 1.54) is 5.56 Å². The van der Waals surface area contributed by atoms with Gasteiger partial charge in [-0.1, -0.05) is 12.1 Å². The van der Waals surface area contributed by atoms with Gasteiger partial charge < -0.3 is 19.5 Å². The Balaban J connectivity index is 1.52. The third-order valence-corrected chi connectivity index (χ3v) is 4.78. The summed E-state index contributed by atoms with van der Waals surface area (Å²) >= 11 is 0. The summed E-state index contributed by atoms with van der Waals surface area (Å²) < 4.78 is 16.8. The van der Waals surface area contributed by atoms with E-state index in [-0.39, 0.29) is 0 Å². The molecule has 1 aromatic carbocycles. The average Bonchev–Trinajstić information content (AvgIpc) is 2.73. The lowest BCUT2D eigenvalue weighted by Gasteiger charge is -2.32. The van der Waals surface area contributed by atoms with Gasteiger partial charge in [0.1, 0.15) is 6.61 Å². The largest absolute Gasteiger partial charge is 0.493 e. The van der Waals surface area contributed by atoms with Gasteiger partial charge in [0.05, 0.1) is 20.3 Å². The summed E-state index contributed by atoms with van der Waals surface area (Å²) in [7, 11) is 1.66. The fourth-order valence-corrected chi connectivity index (χ4v) is 3.16. The number of nitrogens with zero attached hydrogens (tertiary/aromatic N) is 2. The first-order valence-corrected chi connectivity index (χ1v) is 9.47. The molecule has 0 aliphatic carbocycles. The van der Waals surface area contributed by atoms with Crippen molar-refractivity contribution in [1.29, 1.82) is 0 Å². The standard InChI is InChI=1S/C21H29N3O3/c1-17(24-8-10-26-11-9-24)13-23-14-18-5-6-20(25-2)21(12-18)27-16-19-4-3-7-22-15-19/h3-7,12,15,17,23H,8-11,13-14,16H2,1-2H3. The van der Waals surface area contributed by atoms with Crippen molar-refractivity contribution < 1.29 is 14.2 Å². The Morgan fingerprint density at radius 3 is 2.78 bits per heavy atom. The predicted molar refractivity (Wildman–Crippen MR) is 105 cm³/mol. The van der Waals surface area contributed by atoms with E-state index in [2.05, 4.69) is 28.2 Å². The van der Waals surface area contributed by atoms with Crippen molar-refractivity contribution in [2.45, 2.75) is 26.1 Å². The topological polar surface area (TPSA) is 55.9 Å². The third kappa shape index (κ3) is 5.92. The molecule has 3 rings (SSSR count). The first-order valence-electron chi connectivity index (χ1n) is 9.47. The van der Waals surface area contributed by atoms with Gasteiger partial charge in [-0.3, -0.25) is 9.88 Å². The monoisotopic (exact) mass is 371 g/mol. The second kappa shape index (κ2) is 10.3. The van der Waals surface area contributed by atoms with Crippen LogP contribution in [-0.4, -0.2) is 55.9 Å². The van der Waals surface area contributed by atoms with Crippen molar-refractivity contribution in [2.75, 3.05) is 40.0 Å². The Bertz CT molecular complexity index is 690. The van der Waals surface area contributed by atoms with Crippen LogP contribution < -0.4 is 14.8 Å². The van der Waals surface area contributed by atoms with Crippen LogP contribution in [0, 0.1) is 0 Å². The lowest BCUT2D eigenvalue weighted by atomic mass is 10.2. The number of rotatable bonds is 9. The Hall–Kier alpha value is -2.15. The average molecular weight is 371 g/mol. The molecular weight excluding hydrogens is 342 g/mol. The summed E-state index contributed by atoms with van der Waals surface area (Å²) in [5.74, 6) is 1.49. The Labute approximate surface area is 161 Å². The van der Waals surface area contributed by atoms with Gasteiger partial charge in [-0.2, -0.15) is 0 Å². The van der Waals surface area contributed by atoms with E-state index in [4.69, 9.17) is 14.2 Å². The second-order valence-electron chi connectivity index (χ2n) is 6.76. The minimum atomic E-state index is 0.467. The van der Waals surface area contributed by atoms with Crippen molar-refractivity contribution in [3.8, 4) is 11.5 Å². The van der Waals surface area contributed by atoms with E-state index in [0.29, 0.717) is 12.6 Å². The minimum absolute atomic E-state index is 0.467. The van der Waals surface area contributed by atoms with Gasteiger partial charge >= 0.3 is 0 Å². The van der Waals surface area contributed by atoms with Gasteiger partial charge in [0.15, 0.2) is 11.5 Å². The van der Waals surface area contributed by atoms with Crippen LogP contribution in [0.25, 0.3) is 0 Å². The van der Waals surface area contributed by atoms with Crippen LogP contribution in [0.2, 0.25) is 0 Å². The number of methoxy groups -OCH3 is 1. The molecule has 1 N–H and O–H groups in total. The molecule has 2 aromatic rings. The highest BCUT2D eigenvalue weighted by Crippen LogP contribution is 2.28. The first kappa shape index (κ1) is 19.6. The third-order valence-electron chi connectivity index (χ3n) is 4.78. The lowest BCUT2D eigenvalue weighted by Crippen LogP contribution is -2.46. The molecule has 0 saturated carbocycles. The summed E-state index contributed by atoms with van der Waals surface area (Å²) in [5.41, 5.74) is 2.20. The highest BCUT2D eigenvalue weighted by molar-refractivity contribution is 5.43. The van der Waals surface area contributed by atoms with Crippen LogP contribution in [0.3, 0.4) is 0 Å². The van der Waals surface area contributed by atoms with E-state index < -0.39 is 0 Å². The molecule has 0 radical (unpaired) electrons. The van der Waals surface area contributed by atoms with Gasteiger partial charge in [0.2, 0.25) is 0 Å². The molecule has 6 nitrogen and oxygen atoms in total. The number of ether oxygens (including phenoxy) is 3. The molecule has 1 atom stereocenters. The van der Waals surface area contributed by atoms with Crippen LogP contribution in [0.4, 0.5) is 0 Å². The number of pyridine rings is 1. The van der Waals surface area contributed by atoms with E-state index in [1.54, 1.807) is 13.3 Å². The van der Waals surface area contributed by atoms with Gasteiger partial charge in [-0.25, -0.2) is 0 Å². The molecule has 6 heteroatoms. The van der Waals surface area contributed by atoms with Crippen LogP contribution >= 0.6 is 0 Å². The molecule has 0 spiro atoms. The van der Waals surface area contributed by atoms with Gasteiger partial charge in [0.25, 0.3) is 0 Å². The van der Waals surface area contributed by atoms with Gasteiger partial charge in [-0.05, 0) is 30.7 Å². The van der Waals surface area contributed by atoms with Crippen LogP contribution in [0.15, 0.2) is 42.7 Å². The molecule has 27 heavy (non-hydrogen) atoms. The fourth-order valence-electron chi connectivity index (χ4n) is 3.16. The Morgan fingerprint density at radius 1 is 1.19 bits per heavy atom. The molecule has 1 aromatic heterocycles. The summed E-state index contributed by atoms with van der Waals surface area (Å²) in [6.45, 7) is 8.15. The van der Waals surface area contributed by atoms with Crippen molar-refractivity contribution in [3.05, 3.63) is 53.9 Å². The summed E-state index contributed by atoms with van der Waals surface area (Å²) in [6, 6.07) is 10.5. The van der Waals surface area contributed by atoms with Crippen molar-refractivity contribution in [2.24, 2.45) is 0 Å². The van der Waals surface area contributed by atoms with Gasteiger partial charge in [0, 0.05) is 50.2 Å². The normalized spacial score (nSPS) is 16.1. The maximum absolute atomic E-state index is 5.96. The van der Waals surface area contributed by atoms with E-state index in [1.807, 2.05) is 30.5 Å². The number of hydrogen-bond acceptors (Lipinski definition) is 6. The zero-order chi connectivity index (χ0) is 18.9. The van der Waals surface area contributed by atoms with Crippen LogP contribution in [-0.2, 0) is 17.9 Å². The van der Waals surface area contributed by atoms with E-state index in [9.17, 15) is 0 Å². The molecule has 2 heterocycles. The molecule has 0 amide bonds. The predicted octanol–water partition coefficient (Wildman–Crippen LogP) is 2.48. The second-order valence-corrected chi connectivity index (χ2v) is 6.76. The number of nitrogens with one attached hydrogen (secondary N) is 1. The lowest BCUT2D eigenvalue weighted by molar-refractivity contribution is 0.0203. The summed E-state index contributed by atoms with van der Waals surface area (Å²) in [5, 5.41) is 3.55. The molecule has 1 aliphatic heterocycles. The molecule has 1 fully saturated rings. The summed E-state index contributed by atoms with van der Waals surface area (Å²) in [6.07, 6.45) is 3.57. The van der Waals surface area contributed by atoms with Crippen molar-refractivity contribution in [1.82, 2.24) is 15.2 Å². The van der Waals surface area contributed by atoms with Crippen molar-refractivity contribution >= 4 is 0 Å². The maximum Gasteiger partial charge on any atom is 0.161 e.